The average molecular weight is 408 g/mol. The molecule has 0 amide bonds. The van der Waals surface area contributed by atoms with E-state index in [1.54, 1.807) is 26.4 Å². The second kappa shape index (κ2) is 42.9. The van der Waals surface area contributed by atoms with Crippen molar-refractivity contribution in [3.05, 3.63) is 0 Å². The van der Waals surface area contributed by atoms with Crippen LogP contribution in [-0.2, 0) is 38.1 Å². The predicted molar refractivity (Wildman–Crippen MR) is 92.5 cm³/mol. The molecule has 0 heterocycles. The minimum absolute atomic E-state index is 0.156. The van der Waals surface area contributed by atoms with Crippen molar-refractivity contribution in [3.63, 3.8) is 0 Å². The van der Waals surface area contributed by atoms with Crippen molar-refractivity contribution >= 4 is 56.4 Å². The zero-order chi connectivity index (χ0) is 18.8. The molecule has 2 N–H and O–H groups in total. The van der Waals surface area contributed by atoms with Crippen LogP contribution in [-0.4, -0.2) is 52.1 Å². The molecule has 0 unspecified atom stereocenters. The van der Waals surface area contributed by atoms with Crippen molar-refractivity contribution in [2.75, 3.05) is 17.3 Å². The van der Waals surface area contributed by atoms with Gasteiger partial charge in [-0.05, 0) is 25.4 Å². The van der Waals surface area contributed by atoms with E-state index in [1.165, 1.54) is 0 Å². The number of hydrogen-bond acceptors (Lipinski definition) is 8. The maximum atomic E-state index is 9.55. The molecule has 0 aliphatic rings. The summed E-state index contributed by atoms with van der Waals surface area (Å²) in [5.74, 6) is 0.868. The van der Waals surface area contributed by atoms with E-state index in [0.29, 0.717) is 30.1 Å². The van der Waals surface area contributed by atoms with Crippen molar-refractivity contribution in [2.45, 2.75) is 39.2 Å². The molecule has 0 saturated carbocycles. The first kappa shape index (κ1) is 33.8. The van der Waals surface area contributed by atoms with Gasteiger partial charge in [-0.25, -0.2) is 0 Å². The van der Waals surface area contributed by atoms with Gasteiger partial charge in [-0.3, -0.25) is 17.4 Å². The molecule has 0 aromatic rings. The van der Waals surface area contributed by atoms with Gasteiger partial charge in [0.1, 0.15) is 0 Å². The zero-order valence-corrected chi connectivity index (χ0v) is 16.9. The molecule has 0 bridgehead atoms. The second-order valence-corrected chi connectivity index (χ2v) is 4.54. The van der Waals surface area contributed by atoms with E-state index in [-0.39, 0.29) is 12.5 Å². The third kappa shape index (κ3) is 141. The molecule has 0 aromatic heterocycles. The van der Waals surface area contributed by atoms with E-state index in [1.807, 2.05) is 0 Å². The molecule has 130 valence electrons. The monoisotopic (exact) mass is 408 g/mol. The third-order valence-corrected chi connectivity index (χ3v) is 1.42. The Hall–Kier alpha value is 0.334. The van der Waals surface area contributed by atoms with Crippen LogP contribution < -0.4 is 0 Å². The summed E-state index contributed by atoms with van der Waals surface area (Å²) in [5.41, 5.74) is 0. The average Bonchev–Trinajstić information content (AvgIpc) is 2.43. The van der Waals surface area contributed by atoms with Crippen LogP contribution in [0.5, 0.6) is 0 Å². The maximum absolute atomic E-state index is 9.55. The van der Waals surface area contributed by atoms with Crippen LogP contribution in [0.1, 0.15) is 33.1 Å². The van der Waals surface area contributed by atoms with E-state index in [4.69, 9.17) is 13.5 Å². The van der Waals surface area contributed by atoms with Gasteiger partial charge in [-0.15, -0.1) is 12.8 Å². The first-order valence-corrected chi connectivity index (χ1v) is 8.50. The van der Waals surface area contributed by atoms with Gasteiger partial charge in [0.2, 0.25) is 0 Å². The van der Waals surface area contributed by atoms with Crippen molar-refractivity contribution in [1.29, 1.82) is 0 Å². The van der Waals surface area contributed by atoms with E-state index >= 15 is 0 Å². The molecule has 0 saturated heterocycles. The fraction of sp³-hybridized carbons (Fsp3) is 0.750. The summed E-state index contributed by atoms with van der Waals surface area (Å²) in [5, 5.41) is 15.9. The molecular formula is C12H24O6S3Ti. The second-order valence-electron chi connectivity index (χ2n) is 3.20. The number of thiol groups is 3. The summed E-state index contributed by atoms with van der Waals surface area (Å²) in [7, 11) is 0. The molecule has 6 nitrogen and oxygen atoms in total. The molecule has 0 atom stereocenters. The van der Waals surface area contributed by atoms with E-state index in [9.17, 15) is 14.4 Å². The molecule has 22 heavy (non-hydrogen) atoms. The fourth-order valence-electron chi connectivity index (χ4n) is 0.187. The molecule has 0 radical (unpaired) electrons. The summed E-state index contributed by atoms with van der Waals surface area (Å²) in [4.78, 5) is 28.0. The Kier molecular flexibility index (Phi) is 66.0. The first-order chi connectivity index (χ1) is 10.3. The van der Waals surface area contributed by atoms with Crippen LogP contribution in [0.25, 0.3) is 0 Å². The zero-order valence-electron chi connectivity index (χ0n) is 12.7. The van der Waals surface area contributed by atoms with Gasteiger partial charge in [-0.2, -0.15) is 37.9 Å². The SMILES string of the molecule is CC(C)O.O=C(O)CCS.O=[C-]CCS.O=[C-]CCS.[O]=[Ti+2]. The van der Waals surface area contributed by atoms with Crippen LogP contribution >= 0.6 is 37.9 Å². The summed E-state index contributed by atoms with van der Waals surface area (Å²) in [6.07, 6.45) is 4.27. The quantitative estimate of drug-likeness (QED) is 0.259. The molecule has 0 fully saturated rings. The standard InChI is InChI=1S/C3H6O2S.2C3H5OS.C3H8O.O.Ti/c4-3(5)1-2-6;2*4-2-1-3-5;1-3(2)4;;/h6H,1-2H2,(H,4,5);2*5H,1,3H2;3-4H,1-2H3;;/q;2*-1;;;+2. The van der Waals surface area contributed by atoms with Gasteiger partial charge in [-0.1, -0.05) is 0 Å². The number of aliphatic hydroxyl groups excluding tert-OH is 1. The number of carboxylic acid groups (broad SMARTS) is 1. The van der Waals surface area contributed by atoms with Crippen LogP contribution in [0.15, 0.2) is 0 Å². The molecule has 0 rings (SSSR count). The number of carbonyl (C=O) groups excluding carboxylic acids is 2. The summed E-state index contributed by atoms with van der Waals surface area (Å²) < 4.78 is 8.25. The Balaban J connectivity index is -0.0000000567. The normalized spacial score (nSPS) is 7.50. The van der Waals surface area contributed by atoms with E-state index in [0.717, 1.165) is 20.4 Å². The van der Waals surface area contributed by atoms with E-state index in [2.05, 4.69) is 37.9 Å². The van der Waals surface area contributed by atoms with Crippen molar-refractivity contribution in [2.24, 2.45) is 0 Å². The van der Waals surface area contributed by atoms with Gasteiger partial charge in [0.05, 0.1) is 6.42 Å². The van der Waals surface area contributed by atoms with Crippen LogP contribution in [0.3, 0.4) is 0 Å². The Morgan fingerprint density at radius 3 is 1.27 bits per heavy atom. The predicted octanol–water partition coefficient (Wildman–Crippen LogP) is 1.49. The number of aliphatic hydroxyl groups is 1. The molecule has 0 aliphatic heterocycles. The van der Waals surface area contributed by atoms with Crippen LogP contribution in [0.2, 0.25) is 0 Å². The van der Waals surface area contributed by atoms with Gasteiger partial charge < -0.3 is 19.8 Å². The van der Waals surface area contributed by atoms with Crippen molar-refractivity contribution in [1.82, 2.24) is 0 Å². The first-order valence-electron chi connectivity index (χ1n) is 5.96. The molecule has 10 heteroatoms. The van der Waals surface area contributed by atoms with Gasteiger partial charge in [0.25, 0.3) is 0 Å². The van der Waals surface area contributed by atoms with Crippen LogP contribution in [0.4, 0.5) is 0 Å². The number of hydrogen-bond donors (Lipinski definition) is 5. The van der Waals surface area contributed by atoms with Crippen molar-refractivity contribution < 1.29 is 48.3 Å². The van der Waals surface area contributed by atoms with Gasteiger partial charge in [0, 0.05) is 11.9 Å². The minimum atomic E-state index is -0.787. The Morgan fingerprint density at radius 1 is 1.00 bits per heavy atom. The fourth-order valence-corrected chi connectivity index (χ4v) is 0.561. The summed E-state index contributed by atoms with van der Waals surface area (Å²) in [6, 6.07) is 0. The molecular weight excluding hydrogens is 384 g/mol. The Labute approximate surface area is 160 Å². The van der Waals surface area contributed by atoms with Gasteiger partial charge in [0.15, 0.2) is 0 Å². The number of aliphatic carboxylic acids is 1. The Bertz CT molecular complexity index is 208. The van der Waals surface area contributed by atoms with Crippen molar-refractivity contribution in [3.8, 4) is 0 Å². The summed E-state index contributed by atoms with van der Waals surface area (Å²) >= 11 is 11.9. The van der Waals surface area contributed by atoms with Gasteiger partial charge >= 0.3 is 29.7 Å². The van der Waals surface area contributed by atoms with Crippen LogP contribution in [0, 0.1) is 0 Å². The molecule has 0 aromatic carbocycles. The molecule has 0 spiro atoms. The third-order valence-electron chi connectivity index (χ3n) is 0.753. The van der Waals surface area contributed by atoms with E-state index < -0.39 is 5.97 Å². The topological polar surface area (TPSA) is 109 Å². The molecule has 0 aliphatic carbocycles. The number of rotatable bonds is 6. The summed E-state index contributed by atoms with van der Waals surface area (Å²) in [6.45, 7) is 3.44. The Morgan fingerprint density at radius 2 is 1.27 bits per heavy atom. The number of carbonyl (C=O) groups is 1. The number of carboxylic acids is 1.